The quantitative estimate of drug-likeness (QED) is 0.493. The number of methoxy groups -OCH3 is 1. The van der Waals surface area contributed by atoms with Crippen LogP contribution in [0, 0.1) is 11.7 Å². The van der Waals surface area contributed by atoms with E-state index in [1.807, 2.05) is 27.1 Å². The van der Waals surface area contributed by atoms with Crippen LogP contribution in [0.1, 0.15) is 25.3 Å². The molecule has 1 fully saturated rings. The van der Waals surface area contributed by atoms with E-state index in [0.29, 0.717) is 12.2 Å². The first-order valence-corrected chi connectivity index (χ1v) is 9.03. The number of carbonyl (C=O) groups excluding carboxylic acids is 1. The van der Waals surface area contributed by atoms with Crippen LogP contribution < -0.4 is 10.2 Å². The Balaban J connectivity index is 2.03. The van der Waals surface area contributed by atoms with Crippen molar-refractivity contribution in [2.75, 3.05) is 45.7 Å². The second-order valence-corrected chi connectivity index (χ2v) is 6.63. The molecule has 1 aliphatic heterocycles. The molecular weight excluding hydrogens is 335 g/mol. The van der Waals surface area contributed by atoms with Crippen molar-refractivity contribution in [1.29, 1.82) is 0 Å². The van der Waals surface area contributed by atoms with Crippen molar-refractivity contribution < 1.29 is 13.9 Å². The fourth-order valence-corrected chi connectivity index (χ4v) is 3.10. The standard InChI is InChI=1S/C19H29FN4O2/c1-5-21-19(24-10-8-15(9-11-24)18(25)26-4)22-13-14-6-7-17(23(2)3)16(20)12-14/h6-7,12,15H,5,8-11,13H2,1-4H3,(H,21,22). The Morgan fingerprint density at radius 1 is 1.38 bits per heavy atom. The molecule has 0 atom stereocenters. The van der Waals surface area contributed by atoms with E-state index in [9.17, 15) is 9.18 Å². The summed E-state index contributed by atoms with van der Waals surface area (Å²) in [4.78, 5) is 20.2. The number of piperidine rings is 1. The number of ether oxygens (including phenoxy) is 1. The molecule has 0 saturated carbocycles. The summed E-state index contributed by atoms with van der Waals surface area (Å²) in [5.74, 6) is 0.384. The predicted molar refractivity (Wildman–Crippen MR) is 102 cm³/mol. The number of aliphatic imine (C=N–C) groups is 1. The number of guanidine groups is 1. The fourth-order valence-electron chi connectivity index (χ4n) is 3.10. The predicted octanol–water partition coefficient (Wildman–Crippen LogP) is 2.24. The van der Waals surface area contributed by atoms with Gasteiger partial charge in [-0.15, -0.1) is 0 Å². The lowest BCUT2D eigenvalue weighted by Gasteiger charge is -2.33. The minimum atomic E-state index is -0.244. The Labute approximate surface area is 155 Å². The van der Waals surface area contributed by atoms with Crippen LogP contribution in [0.25, 0.3) is 0 Å². The van der Waals surface area contributed by atoms with Gasteiger partial charge in [-0.25, -0.2) is 9.38 Å². The number of nitrogens with one attached hydrogen (secondary N) is 1. The van der Waals surface area contributed by atoms with Gasteiger partial charge in [0.1, 0.15) is 5.82 Å². The highest BCUT2D eigenvalue weighted by Gasteiger charge is 2.26. The number of rotatable bonds is 5. The van der Waals surface area contributed by atoms with E-state index in [1.54, 1.807) is 11.0 Å². The lowest BCUT2D eigenvalue weighted by molar-refractivity contribution is -0.146. The first-order chi connectivity index (χ1) is 12.5. The monoisotopic (exact) mass is 364 g/mol. The number of halogens is 1. The van der Waals surface area contributed by atoms with Gasteiger partial charge in [0.05, 0.1) is 25.3 Å². The van der Waals surface area contributed by atoms with Gasteiger partial charge in [0.2, 0.25) is 0 Å². The van der Waals surface area contributed by atoms with Crippen molar-refractivity contribution in [3.63, 3.8) is 0 Å². The van der Waals surface area contributed by atoms with Gasteiger partial charge >= 0.3 is 5.97 Å². The molecule has 1 saturated heterocycles. The molecule has 0 amide bonds. The van der Waals surface area contributed by atoms with E-state index >= 15 is 0 Å². The Morgan fingerprint density at radius 3 is 2.62 bits per heavy atom. The molecule has 2 rings (SSSR count). The number of hydrogen-bond donors (Lipinski definition) is 1. The van der Waals surface area contributed by atoms with Crippen molar-refractivity contribution in [2.24, 2.45) is 10.9 Å². The van der Waals surface area contributed by atoms with E-state index < -0.39 is 0 Å². The highest BCUT2D eigenvalue weighted by atomic mass is 19.1. The number of benzene rings is 1. The molecule has 1 N–H and O–H groups in total. The average molecular weight is 364 g/mol. The number of nitrogens with zero attached hydrogens (tertiary/aromatic N) is 3. The van der Waals surface area contributed by atoms with Crippen LogP contribution >= 0.6 is 0 Å². The van der Waals surface area contributed by atoms with E-state index in [-0.39, 0.29) is 17.7 Å². The maximum atomic E-state index is 14.1. The molecule has 1 heterocycles. The summed E-state index contributed by atoms with van der Waals surface area (Å²) in [6.07, 6.45) is 1.51. The van der Waals surface area contributed by atoms with E-state index in [0.717, 1.165) is 44.0 Å². The van der Waals surface area contributed by atoms with Crippen LogP contribution in [-0.2, 0) is 16.1 Å². The SMILES string of the molecule is CCNC(=NCc1ccc(N(C)C)c(F)c1)N1CCC(C(=O)OC)CC1. The van der Waals surface area contributed by atoms with Gasteiger partial charge < -0.3 is 19.9 Å². The van der Waals surface area contributed by atoms with Gasteiger partial charge in [-0.2, -0.15) is 0 Å². The third-order valence-corrected chi connectivity index (χ3v) is 4.57. The van der Waals surface area contributed by atoms with Crippen molar-refractivity contribution in [3.8, 4) is 0 Å². The summed E-state index contributed by atoms with van der Waals surface area (Å²) >= 11 is 0. The molecular formula is C19H29FN4O2. The molecule has 0 spiro atoms. The molecule has 1 aliphatic rings. The highest BCUT2D eigenvalue weighted by molar-refractivity contribution is 5.80. The topological polar surface area (TPSA) is 57.2 Å². The maximum Gasteiger partial charge on any atom is 0.308 e. The molecule has 26 heavy (non-hydrogen) atoms. The van der Waals surface area contributed by atoms with Gasteiger partial charge in [0, 0.05) is 33.7 Å². The molecule has 1 aromatic carbocycles. The molecule has 0 radical (unpaired) electrons. The first kappa shape index (κ1) is 20.0. The van der Waals surface area contributed by atoms with Gasteiger partial charge in [0.25, 0.3) is 0 Å². The number of hydrogen-bond acceptors (Lipinski definition) is 4. The second kappa shape index (κ2) is 9.40. The first-order valence-electron chi connectivity index (χ1n) is 9.03. The highest BCUT2D eigenvalue weighted by Crippen LogP contribution is 2.20. The Bertz CT molecular complexity index is 640. The largest absolute Gasteiger partial charge is 0.469 e. The molecule has 0 bridgehead atoms. The minimum absolute atomic E-state index is 0.0354. The summed E-state index contributed by atoms with van der Waals surface area (Å²) in [6.45, 7) is 4.68. The Kier molecular flexibility index (Phi) is 7.24. The summed E-state index contributed by atoms with van der Waals surface area (Å²) in [7, 11) is 5.07. The third-order valence-electron chi connectivity index (χ3n) is 4.57. The summed E-state index contributed by atoms with van der Waals surface area (Å²) in [5, 5.41) is 3.28. The molecule has 0 aromatic heterocycles. The van der Waals surface area contributed by atoms with Crippen LogP contribution in [0.3, 0.4) is 0 Å². The number of anilines is 1. The van der Waals surface area contributed by atoms with Gasteiger partial charge in [0.15, 0.2) is 5.96 Å². The van der Waals surface area contributed by atoms with Crippen molar-refractivity contribution in [3.05, 3.63) is 29.6 Å². The molecule has 1 aromatic rings. The zero-order valence-corrected chi connectivity index (χ0v) is 16.1. The van der Waals surface area contributed by atoms with Crippen LogP contribution in [0.4, 0.5) is 10.1 Å². The summed E-state index contributed by atoms with van der Waals surface area (Å²) in [5.41, 5.74) is 1.39. The molecule has 7 heteroatoms. The number of likely N-dealkylation sites (tertiary alicyclic amines) is 1. The normalized spacial score (nSPS) is 15.7. The minimum Gasteiger partial charge on any atom is -0.469 e. The lowest BCUT2D eigenvalue weighted by Crippen LogP contribution is -2.46. The van der Waals surface area contributed by atoms with Crippen LogP contribution in [0.15, 0.2) is 23.2 Å². The van der Waals surface area contributed by atoms with Crippen molar-refractivity contribution in [2.45, 2.75) is 26.3 Å². The maximum absolute atomic E-state index is 14.1. The van der Waals surface area contributed by atoms with Gasteiger partial charge in [-0.1, -0.05) is 6.07 Å². The van der Waals surface area contributed by atoms with E-state index in [4.69, 9.17) is 4.74 Å². The smallest absolute Gasteiger partial charge is 0.308 e. The summed E-state index contributed by atoms with van der Waals surface area (Å²) in [6, 6.07) is 5.20. The molecule has 144 valence electrons. The fraction of sp³-hybridized carbons (Fsp3) is 0.579. The van der Waals surface area contributed by atoms with Crippen LogP contribution in [-0.4, -0.2) is 57.7 Å². The van der Waals surface area contributed by atoms with Gasteiger partial charge in [-0.3, -0.25) is 4.79 Å². The van der Waals surface area contributed by atoms with Crippen molar-refractivity contribution >= 4 is 17.6 Å². The van der Waals surface area contributed by atoms with Crippen LogP contribution in [0.2, 0.25) is 0 Å². The average Bonchev–Trinajstić information content (AvgIpc) is 2.64. The van der Waals surface area contributed by atoms with Gasteiger partial charge in [-0.05, 0) is 37.5 Å². The zero-order valence-electron chi connectivity index (χ0n) is 16.1. The Morgan fingerprint density at radius 2 is 2.08 bits per heavy atom. The number of esters is 1. The summed E-state index contributed by atoms with van der Waals surface area (Å²) < 4.78 is 19.0. The zero-order chi connectivity index (χ0) is 19.1. The van der Waals surface area contributed by atoms with Crippen molar-refractivity contribution in [1.82, 2.24) is 10.2 Å². The Hall–Kier alpha value is -2.31. The van der Waals surface area contributed by atoms with E-state index in [1.165, 1.54) is 13.2 Å². The second-order valence-electron chi connectivity index (χ2n) is 6.63. The van der Waals surface area contributed by atoms with E-state index in [2.05, 4.69) is 15.2 Å². The molecule has 0 aliphatic carbocycles. The molecule has 6 nitrogen and oxygen atoms in total. The number of carbonyl (C=O) groups is 1. The molecule has 0 unspecified atom stereocenters. The third kappa shape index (κ3) is 5.09. The van der Waals surface area contributed by atoms with Crippen LogP contribution in [0.5, 0.6) is 0 Å². The lowest BCUT2D eigenvalue weighted by atomic mass is 9.97.